The fourth-order valence-electron chi connectivity index (χ4n) is 3.87. The summed E-state index contributed by atoms with van der Waals surface area (Å²) in [6, 6.07) is 19.6. The molecule has 0 aliphatic carbocycles. The number of benzene rings is 3. The second-order valence-corrected chi connectivity index (χ2v) is 8.33. The maximum Gasteiger partial charge on any atom is 0.323 e. The van der Waals surface area contributed by atoms with Crippen LogP contribution in [0.3, 0.4) is 0 Å². The van der Waals surface area contributed by atoms with E-state index in [9.17, 15) is 4.79 Å². The van der Waals surface area contributed by atoms with Crippen LogP contribution in [0.15, 0.2) is 72.9 Å². The van der Waals surface area contributed by atoms with Gasteiger partial charge in [-0.3, -0.25) is 9.88 Å². The van der Waals surface area contributed by atoms with Crippen molar-refractivity contribution >= 4 is 28.4 Å². The lowest BCUT2D eigenvalue weighted by atomic mass is 10.2. The number of nitrogens with one attached hydrogen (secondary N) is 2. The topological polar surface area (TPSA) is 97.8 Å². The first-order valence-corrected chi connectivity index (χ1v) is 11.7. The number of urea groups is 1. The smallest absolute Gasteiger partial charge is 0.323 e. The highest BCUT2D eigenvalue weighted by Crippen LogP contribution is 2.26. The summed E-state index contributed by atoms with van der Waals surface area (Å²) in [7, 11) is 1.60. The van der Waals surface area contributed by atoms with Crippen LogP contribution in [0.2, 0.25) is 0 Å². The molecule has 1 saturated heterocycles. The normalized spacial score (nSPS) is 13.8. The van der Waals surface area contributed by atoms with Gasteiger partial charge >= 0.3 is 6.03 Å². The zero-order valence-electron chi connectivity index (χ0n) is 19.9. The first-order chi connectivity index (χ1) is 17.6. The molecule has 0 saturated carbocycles. The number of rotatable bonds is 7. The summed E-state index contributed by atoms with van der Waals surface area (Å²) in [5.74, 6) is 2.04. The first-order valence-electron chi connectivity index (χ1n) is 11.7. The number of hydrogen-bond donors (Lipinski definition) is 2. The van der Waals surface area contributed by atoms with Gasteiger partial charge in [-0.05, 0) is 60.7 Å². The molecule has 0 radical (unpaired) electrons. The number of amides is 2. The lowest BCUT2D eigenvalue weighted by molar-refractivity contribution is 0.0336. The maximum atomic E-state index is 12.3. The van der Waals surface area contributed by atoms with E-state index in [1.54, 1.807) is 55.6 Å². The Labute approximate surface area is 209 Å². The third kappa shape index (κ3) is 6.07. The average Bonchev–Trinajstić information content (AvgIpc) is 2.91. The monoisotopic (exact) mass is 485 g/mol. The Kier molecular flexibility index (Phi) is 7.20. The minimum Gasteiger partial charge on any atom is -0.497 e. The molecule has 1 aliphatic rings. The van der Waals surface area contributed by atoms with Crippen LogP contribution in [0.5, 0.6) is 17.2 Å². The number of hydrogen-bond acceptors (Lipinski definition) is 7. The molecule has 2 N–H and O–H groups in total. The molecule has 4 aromatic rings. The molecule has 1 aliphatic heterocycles. The molecule has 9 nitrogen and oxygen atoms in total. The van der Waals surface area contributed by atoms with Gasteiger partial charge in [0.2, 0.25) is 0 Å². The van der Waals surface area contributed by atoms with Crippen LogP contribution in [0.25, 0.3) is 11.0 Å². The fraction of sp³-hybridized carbons (Fsp3) is 0.222. The number of anilines is 2. The highest BCUT2D eigenvalue weighted by Gasteiger charge is 2.12. The van der Waals surface area contributed by atoms with Gasteiger partial charge in [0.15, 0.2) is 0 Å². The van der Waals surface area contributed by atoms with Crippen molar-refractivity contribution < 1.29 is 19.0 Å². The number of morpholine rings is 1. The Balaban J connectivity index is 1.19. The van der Waals surface area contributed by atoms with E-state index in [2.05, 4.69) is 20.5 Å². The molecule has 0 atom stereocenters. The minimum atomic E-state index is -0.338. The number of carbonyl (C=O) groups is 1. The SMILES string of the molecule is COc1ccc(NC(=O)Nc2ccc(Oc3ccc4ncc(CN5CCOCC5)nc4c3)cc2)cc1. The van der Waals surface area contributed by atoms with Crippen molar-refractivity contribution in [3.05, 3.63) is 78.6 Å². The molecule has 0 bridgehead atoms. The van der Waals surface area contributed by atoms with Crippen molar-refractivity contribution in [3.8, 4) is 17.2 Å². The van der Waals surface area contributed by atoms with E-state index in [1.807, 2.05) is 24.4 Å². The van der Waals surface area contributed by atoms with E-state index in [-0.39, 0.29) is 6.03 Å². The highest BCUT2D eigenvalue weighted by atomic mass is 16.5. The van der Waals surface area contributed by atoms with Gasteiger partial charge in [0.1, 0.15) is 17.2 Å². The Hall–Kier alpha value is -4.21. The second-order valence-electron chi connectivity index (χ2n) is 8.33. The van der Waals surface area contributed by atoms with E-state index in [4.69, 9.17) is 19.2 Å². The molecule has 1 aromatic heterocycles. The summed E-state index contributed by atoms with van der Waals surface area (Å²) in [5, 5.41) is 5.59. The van der Waals surface area contributed by atoms with E-state index < -0.39 is 0 Å². The summed E-state index contributed by atoms with van der Waals surface area (Å²) in [6.07, 6.45) is 1.83. The molecule has 2 amide bonds. The summed E-state index contributed by atoms with van der Waals surface area (Å²) < 4.78 is 16.6. The van der Waals surface area contributed by atoms with E-state index in [0.717, 1.165) is 55.3 Å². The maximum absolute atomic E-state index is 12.3. The zero-order valence-corrected chi connectivity index (χ0v) is 19.9. The Morgan fingerprint density at radius 2 is 1.53 bits per heavy atom. The third-order valence-electron chi connectivity index (χ3n) is 5.75. The van der Waals surface area contributed by atoms with Crippen LogP contribution in [0, 0.1) is 0 Å². The van der Waals surface area contributed by atoms with Gasteiger partial charge < -0.3 is 24.8 Å². The minimum absolute atomic E-state index is 0.338. The predicted octanol–water partition coefficient (Wildman–Crippen LogP) is 4.91. The molecule has 9 heteroatoms. The number of ether oxygens (including phenoxy) is 3. The molecule has 0 spiro atoms. The number of aromatic nitrogens is 2. The van der Waals surface area contributed by atoms with Crippen molar-refractivity contribution in [3.63, 3.8) is 0 Å². The van der Waals surface area contributed by atoms with Crippen LogP contribution in [0.4, 0.5) is 16.2 Å². The second kappa shape index (κ2) is 11.0. The summed E-state index contributed by atoms with van der Waals surface area (Å²) in [5.41, 5.74) is 3.83. The number of methoxy groups -OCH3 is 1. The molecule has 2 heterocycles. The number of nitrogens with zero attached hydrogens (tertiary/aromatic N) is 3. The lowest BCUT2D eigenvalue weighted by Crippen LogP contribution is -2.35. The standard InChI is InChI=1S/C27H27N5O4/c1-34-22-6-2-19(3-7-22)30-27(33)31-20-4-8-23(9-5-20)36-24-10-11-25-26(16-24)29-21(17-28-25)18-32-12-14-35-15-13-32/h2-11,16-17H,12-15,18H2,1H3,(H2,30,31,33). The van der Waals surface area contributed by atoms with Crippen molar-refractivity contribution in [1.82, 2.24) is 14.9 Å². The molecule has 5 rings (SSSR count). The summed E-state index contributed by atoms with van der Waals surface area (Å²) >= 11 is 0. The van der Waals surface area contributed by atoms with Crippen molar-refractivity contribution in [2.24, 2.45) is 0 Å². The van der Waals surface area contributed by atoms with E-state index in [0.29, 0.717) is 22.9 Å². The van der Waals surface area contributed by atoms with Gasteiger partial charge in [0.25, 0.3) is 0 Å². The third-order valence-corrected chi connectivity index (χ3v) is 5.75. The molecular formula is C27H27N5O4. The Morgan fingerprint density at radius 1 is 0.889 bits per heavy atom. The zero-order chi connectivity index (χ0) is 24.7. The number of carbonyl (C=O) groups excluding carboxylic acids is 1. The van der Waals surface area contributed by atoms with Crippen molar-refractivity contribution in [2.45, 2.75) is 6.54 Å². The van der Waals surface area contributed by atoms with Gasteiger partial charge in [-0.15, -0.1) is 0 Å². The molecule has 1 fully saturated rings. The van der Waals surface area contributed by atoms with Crippen molar-refractivity contribution in [1.29, 1.82) is 0 Å². The fourth-order valence-corrected chi connectivity index (χ4v) is 3.87. The van der Waals surface area contributed by atoms with Crippen LogP contribution in [0.1, 0.15) is 5.69 Å². The molecular weight excluding hydrogens is 458 g/mol. The quantitative estimate of drug-likeness (QED) is 0.384. The van der Waals surface area contributed by atoms with Gasteiger partial charge in [-0.2, -0.15) is 0 Å². The van der Waals surface area contributed by atoms with Crippen molar-refractivity contribution in [2.75, 3.05) is 44.0 Å². The summed E-state index contributed by atoms with van der Waals surface area (Å²) in [4.78, 5) is 23.9. The van der Waals surface area contributed by atoms with Crippen LogP contribution in [-0.4, -0.2) is 54.3 Å². The molecule has 3 aromatic carbocycles. The molecule has 0 unspecified atom stereocenters. The Bertz CT molecular complexity index is 1320. The molecule has 36 heavy (non-hydrogen) atoms. The summed E-state index contributed by atoms with van der Waals surface area (Å²) in [6.45, 7) is 4.05. The van der Waals surface area contributed by atoms with Crippen LogP contribution < -0.4 is 20.1 Å². The van der Waals surface area contributed by atoms with Gasteiger partial charge in [-0.25, -0.2) is 9.78 Å². The largest absolute Gasteiger partial charge is 0.497 e. The molecule has 184 valence electrons. The van der Waals surface area contributed by atoms with Crippen LogP contribution in [-0.2, 0) is 11.3 Å². The highest BCUT2D eigenvalue weighted by molar-refractivity contribution is 5.99. The predicted molar refractivity (Wildman–Crippen MR) is 138 cm³/mol. The Morgan fingerprint density at radius 3 is 2.19 bits per heavy atom. The van der Waals surface area contributed by atoms with Gasteiger partial charge in [0, 0.05) is 37.1 Å². The first kappa shape index (κ1) is 23.5. The van der Waals surface area contributed by atoms with E-state index in [1.165, 1.54) is 0 Å². The van der Waals surface area contributed by atoms with Gasteiger partial charge in [0.05, 0.1) is 43.2 Å². The van der Waals surface area contributed by atoms with Gasteiger partial charge in [-0.1, -0.05) is 0 Å². The van der Waals surface area contributed by atoms with E-state index >= 15 is 0 Å². The number of fused-ring (bicyclic) bond motifs is 1. The average molecular weight is 486 g/mol. The van der Waals surface area contributed by atoms with Crippen LogP contribution >= 0.6 is 0 Å². The lowest BCUT2D eigenvalue weighted by Gasteiger charge is -2.26.